The maximum Gasteiger partial charge on any atom is 0.222 e. The molecule has 1 heterocycles. The molecule has 5 rings (SSSR count). The molecule has 1 unspecified atom stereocenters. The fraction of sp³-hybridized carbons (Fsp3) is 0.300. The lowest BCUT2D eigenvalue weighted by Crippen LogP contribution is -2.35. The van der Waals surface area contributed by atoms with Crippen LogP contribution in [0.1, 0.15) is 24.0 Å². The molecule has 0 amide bonds. The van der Waals surface area contributed by atoms with Crippen molar-refractivity contribution in [1.82, 2.24) is 14.7 Å². The van der Waals surface area contributed by atoms with Gasteiger partial charge in [0, 0.05) is 31.7 Å². The summed E-state index contributed by atoms with van der Waals surface area (Å²) in [6, 6.07) is 28.5. The third-order valence-corrected chi connectivity index (χ3v) is 6.59. The molecule has 1 fully saturated rings. The minimum Gasteiger partial charge on any atom is -0.497 e. The second kappa shape index (κ2) is 11.0. The summed E-state index contributed by atoms with van der Waals surface area (Å²) < 4.78 is 13.5. The van der Waals surface area contributed by atoms with E-state index in [-0.39, 0.29) is 0 Å². The van der Waals surface area contributed by atoms with Crippen molar-refractivity contribution in [2.45, 2.75) is 38.0 Å². The van der Waals surface area contributed by atoms with E-state index in [1.165, 1.54) is 0 Å². The van der Waals surface area contributed by atoms with Crippen molar-refractivity contribution < 1.29 is 14.6 Å². The van der Waals surface area contributed by atoms with Crippen molar-refractivity contribution in [1.29, 1.82) is 0 Å². The first-order chi connectivity index (χ1) is 17.6. The zero-order chi connectivity index (χ0) is 24.9. The molecule has 6 heteroatoms. The molecule has 0 radical (unpaired) electrons. The van der Waals surface area contributed by atoms with Crippen molar-refractivity contribution in [3.05, 3.63) is 96.1 Å². The summed E-state index contributed by atoms with van der Waals surface area (Å²) in [6.45, 7) is 1.25. The second-order valence-corrected chi connectivity index (χ2v) is 9.40. The van der Waals surface area contributed by atoms with Crippen LogP contribution in [0.3, 0.4) is 0 Å². The van der Waals surface area contributed by atoms with Gasteiger partial charge in [-0.25, -0.2) is 4.68 Å². The molecule has 1 aromatic heterocycles. The number of hydrogen-bond acceptors (Lipinski definition) is 5. The van der Waals surface area contributed by atoms with Gasteiger partial charge in [0.15, 0.2) is 0 Å². The molecule has 0 spiro atoms. The van der Waals surface area contributed by atoms with Crippen molar-refractivity contribution in [2.24, 2.45) is 7.05 Å². The fourth-order valence-electron chi connectivity index (χ4n) is 4.61. The van der Waals surface area contributed by atoms with Crippen LogP contribution in [0.4, 0.5) is 0 Å². The van der Waals surface area contributed by atoms with Gasteiger partial charge in [0.1, 0.15) is 17.2 Å². The lowest BCUT2D eigenvalue weighted by molar-refractivity contribution is 0.104. The second-order valence-electron chi connectivity index (χ2n) is 9.40. The fourth-order valence-corrected chi connectivity index (χ4v) is 4.61. The molecule has 3 aromatic carbocycles. The molecule has 186 valence electrons. The number of aromatic nitrogens is 2. The Hall–Kier alpha value is -3.61. The minimum absolute atomic E-state index is 0.448. The average molecular weight is 484 g/mol. The molecule has 1 atom stereocenters. The zero-order valence-electron chi connectivity index (χ0n) is 20.9. The third kappa shape index (κ3) is 5.78. The first-order valence-electron chi connectivity index (χ1n) is 12.5. The van der Waals surface area contributed by atoms with Crippen LogP contribution in [0.25, 0.3) is 11.3 Å². The van der Waals surface area contributed by atoms with E-state index in [0.717, 1.165) is 46.7 Å². The van der Waals surface area contributed by atoms with Crippen LogP contribution in [0.15, 0.2) is 84.9 Å². The Morgan fingerprint density at radius 3 is 2.22 bits per heavy atom. The van der Waals surface area contributed by atoms with Gasteiger partial charge in [0.25, 0.3) is 0 Å². The number of ether oxygens (including phenoxy) is 2. The number of benzene rings is 3. The first kappa shape index (κ1) is 24.1. The maximum absolute atomic E-state index is 11.0. The van der Waals surface area contributed by atoms with Gasteiger partial charge in [-0.1, -0.05) is 60.7 Å². The van der Waals surface area contributed by atoms with Crippen LogP contribution in [-0.2, 0) is 20.0 Å². The minimum atomic E-state index is -0.448. The average Bonchev–Trinajstić information content (AvgIpc) is 3.71. The molecule has 36 heavy (non-hydrogen) atoms. The molecule has 1 aliphatic rings. The highest BCUT2D eigenvalue weighted by molar-refractivity contribution is 5.65. The van der Waals surface area contributed by atoms with Gasteiger partial charge < -0.3 is 14.6 Å². The monoisotopic (exact) mass is 483 g/mol. The molecule has 0 bridgehead atoms. The van der Waals surface area contributed by atoms with E-state index in [2.05, 4.69) is 29.2 Å². The summed E-state index contributed by atoms with van der Waals surface area (Å²) in [5.41, 5.74) is 4.13. The predicted molar refractivity (Wildman–Crippen MR) is 141 cm³/mol. The highest BCUT2D eigenvalue weighted by atomic mass is 16.5. The predicted octanol–water partition coefficient (Wildman–Crippen LogP) is 5.46. The topological polar surface area (TPSA) is 59.8 Å². The third-order valence-electron chi connectivity index (χ3n) is 6.59. The Balaban J connectivity index is 1.43. The first-order valence-corrected chi connectivity index (χ1v) is 12.5. The summed E-state index contributed by atoms with van der Waals surface area (Å²) in [6.07, 6.45) is 2.48. The van der Waals surface area contributed by atoms with Gasteiger partial charge in [-0.3, -0.25) is 4.90 Å². The summed E-state index contributed by atoms with van der Waals surface area (Å²) in [5, 5.41) is 15.8. The molecule has 6 nitrogen and oxygen atoms in total. The Kier molecular flexibility index (Phi) is 7.35. The van der Waals surface area contributed by atoms with Crippen LogP contribution in [0.5, 0.6) is 17.4 Å². The molecule has 4 aromatic rings. The Morgan fingerprint density at radius 1 is 0.944 bits per heavy atom. The lowest BCUT2D eigenvalue weighted by atomic mass is 10.1. The van der Waals surface area contributed by atoms with E-state index in [0.29, 0.717) is 31.4 Å². The van der Waals surface area contributed by atoms with Crippen molar-refractivity contribution in [3.63, 3.8) is 0 Å². The van der Waals surface area contributed by atoms with Crippen LogP contribution in [-0.4, -0.2) is 45.6 Å². The van der Waals surface area contributed by atoms with E-state index >= 15 is 0 Å². The van der Waals surface area contributed by atoms with E-state index < -0.39 is 6.10 Å². The molecule has 0 aliphatic heterocycles. The summed E-state index contributed by atoms with van der Waals surface area (Å²) in [4.78, 5) is 2.39. The number of aliphatic hydroxyl groups is 1. The van der Waals surface area contributed by atoms with E-state index in [1.807, 2.05) is 72.4 Å². The van der Waals surface area contributed by atoms with E-state index in [1.54, 1.807) is 7.11 Å². The SMILES string of the molecule is COc1ccc(Oc2c(CN(CC(O)Cc3ccccc3)C3CC3)c(-c3ccccc3)nn2C)cc1. The number of methoxy groups -OCH3 is 1. The quantitative estimate of drug-likeness (QED) is 0.307. The molecule has 1 aliphatic carbocycles. The smallest absolute Gasteiger partial charge is 0.222 e. The van der Waals surface area contributed by atoms with Crippen LogP contribution >= 0.6 is 0 Å². The molecule has 1 N–H and O–H groups in total. The van der Waals surface area contributed by atoms with Gasteiger partial charge in [-0.2, -0.15) is 5.10 Å². The molecular weight excluding hydrogens is 450 g/mol. The molecule has 1 saturated carbocycles. The lowest BCUT2D eigenvalue weighted by Gasteiger charge is -2.25. The normalized spacial score (nSPS) is 14.1. The number of nitrogens with zero attached hydrogens (tertiary/aromatic N) is 3. The van der Waals surface area contributed by atoms with Crippen LogP contribution in [0.2, 0.25) is 0 Å². The van der Waals surface area contributed by atoms with Crippen molar-refractivity contribution in [2.75, 3.05) is 13.7 Å². The van der Waals surface area contributed by atoms with Gasteiger partial charge in [-0.15, -0.1) is 0 Å². The summed E-state index contributed by atoms with van der Waals surface area (Å²) >= 11 is 0. The number of hydrogen-bond donors (Lipinski definition) is 1. The Morgan fingerprint density at radius 2 is 1.58 bits per heavy atom. The van der Waals surface area contributed by atoms with Crippen molar-refractivity contribution >= 4 is 0 Å². The van der Waals surface area contributed by atoms with E-state index in [9.17, 15) is 5.11 Å². The number of aryl methyl sites for hydroxylation is 1. The van der Waals surface area contributed by atoms with Crippen LogP contribution < -0.4 is 9.47 Å². The zero-order valence-corrected chi connectivity index (χ0v) is 20.9. The molecule has 0 saturated heterocycles. The Bertz CT molecular complexity index is 1250. The van der Waals surface area contributed by atoms with E-state index in [4.69, 9.17) is 14.6 Å². The molecular formula is C30H33N3O3. The summed E-state index contributed by atoms with van der Waals surface area (Å²) in [5.74, 6) is 2.22. The van der Waals surface area contributed by atoms with Gasteiger partial charge in [0.05, 0.1) is 18.8 Å². The van der Waals surface area contributed by atoms with Gasteiger partial charge >= 0.3 is 0 Å². The Labute approximate surface area is 212 Å². The van der Waals surface area contributed by atoms with Crippen molar-refractivity contribution in [3.8, 4) is 28.6 Å². The maximum atomic E-state index is 11.0. The largest absolute Gasteiger partial charge is 0.497 e. The number of rotatable bonds is 11. The summed E-state index contributed by atoms with van der Waals surface area (Å²) in [7, 11) is 3.57. The van der Waals surface area contributed by atoms with Gasteiger partial charge in [0.2, 0.25) is 5.88 Å². The standard InChI is InChI=1S/C30H33N3O3/c1-32-30(36-27-17-15-26(35-2)16-18-27)28(29(31-32)23-11-7-4-8-12-23)21-33(24-13-14-24)20-25(34)19-22-9-5-3-6-10-22/h3-12,15-18,24-25,34H,13-14,19-21H2,1-2H3. The van der Waals surface area contributed by atoms with Crippen LogP contribution in [0, 0.1) is 0 Å². The highest BCUT2D eigenvalue weighted by Gasteiger charge is 2.33. The van der Waals surface area contributed by atoms with Gasteiger partial charge in [-0.05, 0) is 49.1 Å². The highest BCUT2D eigenvalue weighted by Crippen LogP contribution is 2.37. The number of aliphatic hydroxyl groups excluding tert-OH is 1.